The molecule has 0 saturated carbocycles. The van der Waals surface area contributed by atoms with Crippen molar-refractivity contribution in [1.82, 2.24) is 9.55 Å². The zero-order valence-corrected chi connectivity index (χ0v) is 7.29. The highest BCUT2D eigenvalue weighted by Crippen LogP contribution is 2.27. The fourth-order valence-corrected chi connectivity index (χ4v) is 1.03. The fourth-order valence-electron chi connectivity index (χ4n) is 0.828. The second-order valence-electron chi connectivity index (χ2n) is 2.38. The maximum Gasteiger partial charge on any atom is 0.431 e. The molecule has 1 aromatic rings. The van der Waals surface area contributed by atoms with Gasteiger partial charge in [-0.3, -0.25) is 9.78 Å². The van der Waals surface area contributed by atoms with Gasteiger partial charge in [-0.05, 0) is 12.2 Å². The van der Waals surface area contributed by atoms with Gasteiger partial charge in [-0.15, -0.1) is 0 Å². The van der Waals surface area contributed by atoms with E-state index in [-0.39, 0.29) is 4.77 Å². The summed E-state index contributed by atoms with van der Waals surface area (Å²) in [6, 6.07) is 0.468. The van der Waals surface area contributed by atoms with Gasteiger partial charge in [0.25, 0.3) is 5.56 Å². The molecule has 0 radical (unpaired) electrons. The van der Waals surface area contributed by atoms with Gasteiger partial charge in [0.15, 0.2) is 4.77 Å². The topological polar surface area (TPSA) is 37.8 Å². The number of hydrogen-bond acceptors (Lipinski definition) is 2. The molecule has 7 heteroatoms. The minimum absolute atomic E-state index is 0.250. The highest BCUT2D eigenvalue weighted by atomic mass is 32.1. The van der Waals surface area contributed by atoms with E-state index in [4.69, 9.17) is 0 Å². The first-order chi connectivity index (χ1) is 5.82. The lowest BCUT2D eigenvalue weighted by molar-refractivity contribution is -0.143. The molecule has 0 unspecified atom stereocenters. The Hall–Kier alpha value is -1.11. The van der Waals surface area contributed by atoms with Crippen LogP contribution in [-0.2, 0) is 13.2 Å². The number of H-pyrrole nitrogens is 1. The Labute approximate surface area is 75.8 Å². The van der Waals surface area contributed by atoms with Crippen molar-refractivity contribution < 1.29 is 13.2 Å². The Morgan fingerprint density at radius 1 is 1.54 bits per heavy atom. The Morgan fingerprint density at radius 2 is 2.08 bits per heavy atom. The van der Waals surface area contributed by atoms with Gasteiger partial charge in [-0.2, -0.15) is 13.2 Å². The first kappa shape index (κ1) is 9.97. The summed E-state index contributed by atoms with van der Waals surface area (Å²) in [5, 5.41) is 0. The monoisotopic (exact) mass is 210 g/mol. The van der Waals surface area contributed by atoms with E-state index in [1.807, 2.05) is 0 Å². The maximum absolute atomic E-state index is 12.2. The van der Waals surface area contributed by atoms with E-state index < -0.39 is 17.4 Å². The quantitative estimate of drug-likeness (QED) is 0.658. The van der Waals surface area contributed by atoms with Crippen LogP contribution in [0.5, 0.6) is 0 Å². The molecule has 72 valence electrons. The van der Waals surface area contributed by atoms with Gasteiger partial charge < -0.3 is 4.57 Å². The van der Waals surface area contributed by atoms with Crippen molar-refractivity contribution in [2.75, 3.05) is 0 Å². The molecule has 0 aliphatic heterocycles. The molecule has 1 aromatic heterocycles. The van der Waals surface area contributed by atoms with Crippen molar-refractivity contribution in [2.24, 2.45) is 7.05 Å². The zero-order chi connectivity index (χ0) is 10.2. The van der Waals surface area contributed by atoms with Gasteiger partial charge in [-0.25, -0.2) is 0 Å². The van der Waals surface area contributed by atoms with Crippen molar-refractivity contribution in [2.45, 2.75) is 6.18 Å². The average Bonchev–Trinajstić information content (AvgIpc) is 1.94. The Bertz CT molecular complexity index is 431. The molecular formula is C6H5F3N2OS. The van der Waals surface area contributed by atoms with Crippen molar-refractivity contribution in [1.29, 1.82) is 0 Å². The predicted molar refractivity (Wildman–Crippen MR) is 41.9 cm³/mol. The summed E-state index contributed by atoms with van der Waals surface area (Å²) in [7, 11) is 1.14. The molecule has 0 bridgehead atoms. The molecule has 0 atom stereocenters. The number of rotatable bonds is 0. The Kier molecular flexibility index (Phi) is 2.29. The number of aromatic amines is 1. The smallest absolute Gasteiger partial charge is 0.317 e. The van der Waals surface area contributed by atoms with Crippen molar-refractivity contribution >= 4 is 12.2 Å². The third-order valence-corrected chi connectivity index (χ3v) is 1.83. The average molecular weight is 210 g/mol. The number of alkyl halides is 3. The molecule has 1 N–H and O–H groups in total. The van der Waals surface area contributed by atoms with Crippen LogP contribution in [-0.4, -0.2) is 9.55 Å². The van der Waals surface area contributed by atoms with E-state index in [0.29, 0.717) is 10.6 Å². The summed E-state index contributed by atoms with van der Waals surface area (Å²) in [5.41, 5.74) is -1.91. The van der Waals surface area contributed by atoms with Crippen LogP contribution < -0.4 is 5.56 Å². The number of nitrogens with zero attached hydrogens (tertiary/aromatic N) is 1. The van der Waals surface area contributed by atoms with E-state index in [2.05, 4.69) is 17.2 Å². The Morgan fingerprint density at radius 3 is 2.54 bits per heavy atom. The summed E-state index contributed by atoms with van der Waals surface area (Å²) in [6.45, 7) is 0. The molecule has 1 heterocycles. The van der Waals surface area contributed by atoms with Gasteiger partial charge >= 0.3 is 6.18 Å². The van der Waals surface area contributed by atoms with Gasteiger partial charge in [0.05, 0.1) is 0 Å². The first-order valence-corrected chi connectivity index (χ1v) is 3.61. The molecule has 0 saturated heterocycles. The van der Waals surface area contributed by atoms with Gasteiger partial charge in [0.2, 0.25) is 0 Å². The summed E-state index contributed by atoms with van der Waals surface area (Å²) >= 11 is 4.50. The van der Waals surface area contributed by atoms with Crippen LogP contribution in [0.15, 0.2) is 10.9 Å². The van der Waals surface area contributed by atoms with Crippen molar-refractivity contribution in [3.63, 3.8) is 0 Å². The summed E-state index contributed by atoms with van der Waals surface area (Å²) in [5.74, 6) is 0. The standard InChI is InChI=1S/C6H5F3N2OS/c1-11-3(6(7,8)9)2-4(12)10-5(11)13/h2H,1H3,(H,10,12,13). The second kappa shape index (κ2) is 2.99. The molecule has 0 aliphatic carbocycles. The van der Waals surface area contributed by atoms with E-state index in [1.54, 1.807) is 0 Å². The molecule has 1 rings (SSSR count). The molecule has 0 fully saturated rings. The molecule has 0 aliphatic rings. The van der Waals surface area contributed by atoms with Crippen molar-refractivity contribution in [3.8, 4) is 0 Å². The van der Waals surface area contributed by atoms with Crippen LogP contribution in [0.4, 0.5) is 13.2 Å². The van der Waals surface area contributed by atoms with Crippen LogP contribution in [0.1, 0.15) is 5.69 Å². The van der Waals surface area contributed by atoms with Gasteiger partial charge in [-0.1, -0.05) is 0 Å². The molecular weight excluding hydrogens is 205 g/mol. The van der Waals surface area contributed by atoms with Gasteiger partial charge in [0, 0.05) is 13.1 Å². The molecule has 0 aromatic carbocycles. The number of halogens is 3. The number of hydrogen-bond donors (Lipinski definition) is 1. The van der Waals surface area contributed by atoms with Crippen LogP contribution in [0.2, 0.25) is 0 Å². The molecule has 0 amide bonds. The van der Waals surface area contributed by atoms with Crippen molar-refractivity contribution in [3.05, 3.63) is 26.9 Å². The minimum atomic E-state index is -4.56. The lowest BCUT2D eigenvalue weighted by Gasteiger charge is -2.10. The van der Waals surface area contributed by atoms with Crippen LogP contribution in [0, 0.1) is 4.77 Å². The van der Waals surface area contributed by atoms with E-state index in [1.165, 1.54) is 0 Å². The first-order valence-electron chi connectivity index (χ1n) is 3.20. The number of aromatic nitrogens is 2. The highest BCUT2D eigenvalue weighted by Gasteiger charge is 2.33. The third-order valence-electron chi connectivity index (χ3n) is 1.45. The number of nitrogens with one attached hydrogen (secondary N) is 1. The van der Waals surface area contributed by atoms with E-state index >= 15 is 0 Å². The van der Waals surface area contributed by atoms with Gasteiger partial charge in [0.1, 0.15) is 5.69 Å². The Balaban J connectivity index is 3.56. The lowest BCUT2D eigenvalue weighted by atomic mass is 10.4. The normalized spacial score (nSPS) is 11.7. The largest absolute Gasteiger partial charge is 0.431 e. The molecule has 13 heavy (non-hydrogen) atoms. The lowest BCUT2D eigenvalue weighted by Crippen LogP contribution is -2.21. The zero-order valence-electron chi connectivity index (χ0n) is 6.47. The van der Waals surface area contributed by atoms with Crippen LogP contribution in [0.3, 0.4) is 0 Å². The summed E-state index contributed by atoms with van der Waals surface area (Å²) < 4.78 is 37.0. The van der Waals surface area contributed by atoms with Crippen LogP contribution >= 0.6 is 12.2 Å². The van der Waals surface area contributed by atoms with E-state index in [0.717, 1.165) is 7.05 Å². The fraction of sp³-hybridized carbons (Fsp3) is 0.333. The summed E-state index contributed by atoms with van der Waals surface area (Å²) in [6.07, 6.45) is -4.56. The summed E-state index contributed by atoms with van der Waals surface area (Å²) in [4.78, 5) is 12.7. The van der Waals surface area contributed by atoms with Crippen LogP contribution in [0.25, 0.3) is 0 Å². The second-order valence-corrected chi connectivity index (χ2v) is 2.77. The molecule has 3 nitrogen and oxygen atoms in total. The predicted octanol–water partition coefficient (Wildman–Crippen LogP) is 1.46. The minimum Gasteiger partial charge on any atom is -0.317 e. The highest BCUT2D eigenvalue weighted by molar-refractivity contribution is 7.71. The SMILES string of the molecule is Cn1c(C(F)(F)F)cc(=O)[nH]c1=S. The maximum atomic E-state index is 12.2. The van der Waals surface area contributed by atoms with E-state index in [9.17, 15) is 18.0 Å². The third kappa shape index (κ3) is 1.97. The molecule has 0 spiro atoms.